The molecule has 0 saturated carbocycles. The van der Waals surface area contributed by atoms with E-state index in [1.807, 2.05) is 24.3 Å². The van der Waals surface area contributed by atoms with Crippen LogP contribution < -0.4 is 14.8 Å². The minimum absolute atomic E-state index is 0.0383. The van der Waals surface area contributed by atoms with Gasteiger partial charge in [-0.25, -0.2) is 0 Å². The number of halogens is 1. The Hall–Kier alpha value is -2.24. The smallest absolute Gasteiger partial charge is 0.224 e. The molecule has 1 aliphatic rings. The van der Waals surface area contributed by atoms with Crippen LogP contribution in [0.5, 0.6) is 11.5 Å². The summed E-state index contributed by atoms with van der Waals surface area (Å²) in [4.78, 5) is 15.0. The minimum Gasteiger partial charge on any atom is -0.489 e. The molecule has 6 heteroatoms. The Bertz CT molecular complexity index is 809. The van der Waals surface area contributed by atoms with Gasteiger partial charge in [-0.1, -0.05) is 55.8 Å². The van der Waals surface area contributed by atoms with E-state index in [1.54, 1.807) is 6.07 Å². The fourth-order valence-corrected chi connectivity index (χ4v) is 3.93. The number of nitrogens with one attached hydrogen (secondary N) is 1. The van der Waals surface area contributed by atoms with Gasteiger partial charge in [0.05, 0.1) is 30.7 Å². The summed E-state index contributed by atoms with van der Waals surface area (Å²) in [6, 6.07) is 14.1. The highest BCUT2D eigenvalue weighted by Gasteiger charge is 2.20. The molecular formula is C23H29ClN2O3. The van der Waals surface area contributed by atoms with Gasteiger partial charge < -0.3 is 14.8 Å². The van der Waals surface area contributed by atoms with Gasteiger partial charge in [-0.15, -0.1) is 0 Å². The van der Waals surface area contributed by atoms with Crippen molar-refractivity contribution in [2.75, 3.05) is 32.8 Å². The average Bonchev–Trinajstić information content (AvgIpc) is 2.97. The first-order chi connectivity index (χ1) is 14.1. The van der Waals surface area contributed by atoms with Crippen molar-refractivity contribution in [3.05, 3.63) is 58.6 Å². The predicted octanol–water partition coefficient (Wildman–Crippen LogP) is 4.24. The Morgan fingerprint density at radius 3 is 2.59 bits per heavy atom. The first-order valence-corrected chi connectivity index (χ1v) is 10.6. The normalized spacial score (nSPS) is 14.3. The monoisotopic (exact) mass is 416 g/mol. The number of likely N-dealkylation sites (N-methyl/N-ethyl adjacent to an activating group) is 1. The van der Waals surface area contributed by atoms with Crippen molar-refractivity contribution in [2.45, 2.75) is 32.7 Å². The molecule has 1 heterocycles. The number of nitrogens with zero attached hydrogens (tertiary/aromatic N) is 1. The Labute approximate surface area is 177 Å². The highest BCUT2D eigenvalue weighted by molar-refractivity contribution is 6.32. The molecule has 0 spiro atoms. The average molecular weight is 417 g/mol. The maximum absolute atomic E-state index is 12.6. The molecule has 2 aromatic rings. The summed E-state index contributed by atoms with van der Waals surface area (Å²) in [5, 5.41) is 3.58. The summed E-state index contributed by atoms with van der Waals surface area (Å²) in [5.74, 6) is 1.14. The lowest BCUT2D eigenvalue weighted by atomic mass is 10.0. The van der Waals surface area contributed by atoms with Crippen molar-refractivity contribution in [1.82, 2.24) is 10.2 Å². The van der Waals surface area contributed by atoms with Gasteiger partial charge in [0.1, 0.15) is 0 Å². The number of amides is 1. The number of hydrogen-bond donors (Lipinski definition) is 1. The van der Waals surface area contributed by atoms with Crippen LogP contribution in [0.25, 0.3) is 0 Å². The molecule has 1 amide bonds. The summed E-state index contributed by atoms with van der Waals surface area (Å²) >= 11 is 6.35. The van der Waals surface area contributed by atoms with Crippen LogP contribution in [0.3, 0.4) is 0 Å². The first-order valence-electron chi connectivity index (χ1n) is 10.3. The van der Waals surface area contributed by atoms with E-state index in [4.69, 9.17) is 21.1 Å². The van der Waals surface area contributed by atoms with Crippen molar-refractivity contribution < 1.29 is 14.3 Å². The SMILES string of the molecule is CCN(CC)C(CNC(=O)Cc1cc(Cl)c2c(c1)OCCCO2)c1ccccc1. The molecule has 0 bridgehead atoms. The fourth-order valence-electron chi connectivity index (χ4n) is 3.64. The van der Waals surface area contributed by atoms with E-state index in [0.717, 1.165) is 25.1 Å². The lowest BCUT2D eigenvalue weighted by Crippen LogP contribution is -2.38. The van der Waals surface area contributed by atoms with Gasteiger partial charge in [0.15, 0.2) is 11.5 Å². The minimum atomic E-state index is -0.0383. The predicted molar refractivity (Wildman–Crippen MR) is 116 cm³/mol. The quantitative estimate of drug-likeness (QED) is 0.699. The van der Waals surface area contributed by atoms with Crippen molar-refractivity contribution in [3.8, 4) is 11.5 Å². The molecule has 29 heavy (non-hydrogen) atoms. The number of carbonyl (C=O) groups excluding carboxylic acids is 1. The van der Waals surface area contributed by atoms with Gasteiger partial charge in [-0.2, -0.15) is 0 Å². The maximum atomic E-state index is 12.6. The highest BCUT2D eigenvalue weighted by atomic mass is 35.5. The second kappa shape index (κ2) is 10.5. The van der Waals surface area contributed by atoms with Crippen molar-refractivity contribution >= 4 is 17.5 Å². The Morgan fingerprint density at radius 2 is 1.86 bits per heavy atom. The maximum Gasteiger partial charge on any atom is 0.224 e. The molecule has 1 unspecified atom stereocenters. The second-order valence-electron chi connectivity index (χ2n) is 7.08. The molecule has 1 atom stereocenters. The lowest BCUT2D eigenvalue weighted by molar-refractivity contribution is -0.120. The van der Waals surface area contributed by atoms with Gasteiger partial charge in [0, 0.05) is 13.0 Å². The highest BCUT2D eigenvalue weighted by Crippen LogP contribution is 2.38. The van der Waals surface area contributed by atoms with Gasteiger partial charge in [-0.05, 0) is 36.3 Å². The number of ether oxygens (including phenoxy) is 2. The van der Waals surface area contributed by atoms with E-state index in [-0.39, 0.29) is 18.4 Å². The van der Waals surface area contributed by atoms with Crippen LogP contribution in [0.2, 0.25) is 5.02 Å². The summed E-state index contributed by atoms with van der Waals surface area (Å²) in [5.41, 5.74) is 2.02. The molecule has 2 aromatic carbocycles. The van der Waals surface area contributed by atoms with Gasteiger partial charge in [0.25, 0.3) is 0 Å². The van der Waals surface area contributed by atoms with Crippen molar-refractivity contribution in [1.29, 1.82) is 0 Å². The van der Waals surface area contributed by atoms with Gasteiger partial charge >= 0.3 is 0 Å². The molecule has 3 rings (SSSR count). The number of carbonyl (C=O) groups is 1. The van der Waals surface area contributed by atoms with Crippen molar-refractivity contribution in [3.63, 3.8) is 0 Å². The second-order valence-corrected chi connectivity index (χ2v) is 7.49. The Balaban J connectivity index is 1.66. The van der Waals surface area contributed by atoms with Crippen molar-refractivity contribution in [2.24, 2.45) is 0 Å². The summed E-state index contributed by atoms with van der Waals surface area (Å²) in [6.07, 6.45) is 1.06. The zero-order valence-electron chi connectivity index (χ0n) is 17.1. The standard InChI is InChI=1S/C23H29ClN2O3/c1-3-26(4-2)20(18-9-6-5-7-10-18)16-25-22(27)15-17-13-19(24)23-21(14-17)28-11-8-12-29-23/h5-7,9-10,13-14,20H,3-4,8,11-12,15-16H2,1-2H3,(H,25,27). The van der Waals surface area contributed by atoms with Crippen LogP contribution in [-0.4, -0.2) is 43.7 Å². The number of rotatable bonds is 8. The zero-order valence-corrected chi connectivity index (χ0v) is 17.9. The molecule has 0 radical (unpaired) electrons. The molecule has 0 aliphatic carbocycles. The van der Waals surface area contributed by atoms with E-state index in [1.165, 1.54) is 5.56 Å². The summed E-state index contributed by atoms with van der Waals surface area (Å²) in [6.45, 7) is 7.85. The van der Waals surface area contributed by atoms with E-state index in [2.05, 4.69) is 36.2 Å². The summed E-state index contributed by atoms with van der Waals surface area (Å²) in [7, 11) is 0. The van der Waals surface area contributed by atoms with Gasteiger partial charge in [0.2, 0.25) is 5.91 Å². The van der Waals surface area contributed by atoms with Crippen LogP contribution in [0.4, 0.5) is 0 Å². The molecule has 156 valence electrons. The van der Waals surface area contributed by atoms with Gasteiger partial charge in [-0.3, -0.25) is 9.69 Å². The fraction of sp³-hybridized carbons (Fsp3) is 0.435. The molecule has 1 N–H and O–H groups in total. The third-order valence-electron chi connectivity index (χ3n) is 5.16. The van der Waals surface area contributed by atoms with E-state index >= 15 is 0 Å². The van der Waals surface area contributed by atoms with Crippen LogP contribution in [0, 0.1) is 0 Å². The van der Waals surface area contributed by atoms with Crippen LogP contribution in [0.15, 0.2) is 42.5 Å². The Morgan fingerprint density at radius 1 is 1.14 bits per heavy atom. The van der Waals surface area contributed by atoms with E-state index in [9.17, 15) is 4.79 Å². The molecule has 0 aromatic heterocycles. The lowest BCUT2D eigenvalue weighted by Gasteiger charge is -2.30. The number of fused-ring (bicyclic) bond motifs is 1. The number of benzene rings is 2. The van der Waals surface area contributed by atoms with Crippen LogP contribution >= 0.6 is 11.6 Å². The molecule has 5 nitrogen and oxygen atoms in total. The molecular weight excluding hydrogens is 388 g/mol. The number of hydrogen-bond acceptors (Lipinski definition) is 4. The molecule has 0 fully saturated rings. The first kappa shape index (κ1) is 21.5. The van der Waals surface area contributed by atoms with Crippen LogP contribution in [0.1, 0.15) is 37.4 Å². The molecule has 0 saturated heterocycles. The Kier molecular flexibility index (Phi) is 7.78. The largest absolute Gasteiger partial charge is 0.489 e. The van der Waals surface area contributed by atoms with E-state index < -0.39 is 0 Å². The van der Waals surface area contributed by atoms with E-state index in [0.29, 0.717) is 36.3 Å². The zero-order chi connectivity index (χ0) is 20.6. The van der Waals surface area contributed by atoms with Crippen LogP contribution in [-0.2, 0) is 11.2 Å². The third-order valence-corrected chi connectivity index (χ3v) is 5.44. The molecule has 1 aliphatic heterocycles. The summed E-state index contributed by atoms with van der Waals surface area (Å²) < 4.78 is 11.4. The third kappa shape index (κ3) is 5.64. The topological polar surface area (TPSA) is 50.8 Å².